The molecule has 4 nitrogen and oxygen atoms in total. The monoisotopic (exact) mass is 214 g/mol. The Bertz CT molecular complexity index is 360. The zero-order valence-electron chi connectivity index (χ0n) is 9.00. The van der Waals surface area contributed by atoms with Gasteiger partial charge in [0.25, 0.3) is 0 Å². The molecule has 2 aromatic heterocycles. The number of aromatic nitrogens is 3. The van der Waals surface area contributed by atoms with E-state index in [1.807, 2.05) is 30.5 Å². The van der Waals surface area contributed by atoms with Crippen LogP contribution in [0.5, 0.6) is 0 Å². The molecule has 2 rings (SSSR count). The Morgan fingerprint density at radius 2 is 1.75 bits per heavy atom. The van der Waals surface area contributed by atoms with E-state index in [-0.39, 0.29) is 0 Å². The molecule has 0 amide bonds. The van der Waals surface area contributed by atoms with Gasteiger partial charge in [0.05, 0.1) is 6.54 Å². The highest BCUT2D eigenvalue weighted by Crippen LogP contribution is 1.93. The van der Waals surface area contributed by atoms with Gasteiger partial charge < -0.3 is 5.32 Å². The van der Waals surface area contributed by atoms with Crippen LogP contribution in [-0.4, -0.2) is 21.5 Å². The minimum Gasteiger partial charge on any atom is -0.309 e. The lowest BCUT2D eigenvalue weighted by molar-refractivity contribution is 0.654. The Kier molecular flexibility index (Phi) is 3.96. The summed E-state index contributed by atoms with van der Waals surface area (Å²) in [5.74, 6) is 0.823. The zero-order valence-corrected chi connectivity index (χ0v) is 9.00. The van der Waals surface area contributed by atoms with Crippen molar-refractivity contribution in [1.29, 1.82) is 0 Å². The molecule has 0 spiro atoms. The molecule has 1 N–H and O–H groups in total. The molecule has 2 aromatic rings. The van der Waals surface area contributed by atoms with Crippen molar-refractivity contribution in [3.05, 3.63) is 54.4 Å². The van der Waals surface area contributed by atoms with E-state index < -0.39 is 0 Å². The molecule has 0 aliphatic rings. The van der Waals surface area contributed by atoms with Crippen molar-refractivity contribution in [3.8, 4) is 0 Å². The SMILES string of the molecule is c1ccc(CCNCc2ncccn2)nc1. The third-order valence-electron chi connectivity index (χ3n) is 2.19. The van der Waals surface area contributed by atoms with Crippen LogP contribution in [0, 0.1) is 0 Å². The molecule has 0 radical (unpaired) electrons. The maximum atomic E-state index is 4.25. The molecular formula is C12H14N4. The first-order valence-electron chi connectivity index (χ1n) is 5.31. The Morgan fingerprint density at radius 3 is 2.50 bits per heavy atom. The van der Waals surface area contributed by atoms with Gasteiger partial charge in [-0.05, 0) is 18.2 Å². The zero-order chi connectivity index (χ0) is 11.1. The van der Waals surface area contributed by atoms with Crippen molar-refractivity contribution in [2.45, 2.75) is 13.0 Å². The highest BCUT2D eigenvalue weighted by Gasteiger charge is 1.95. The summed E-state index contributed by atoms with van der Waals surface area (Å²) in [6.45, 7) is 1.59. The fourth-order valence-corrected chi connectivity index (χ4v) is 1.38. The molecule has 16 heavy (non-hydrogen) atoms. The van der Waals surface area contributed by atoms with Crippen molar-refractivity contribution in [2.75, 3.05) is 6.54 Å². The average Bonchev–Trinajstić information content (AvgIpc) is 2.37. The number of nitrogens with zero attached hydrogens (tertiary/aromatic N) is 3. The number of nitrogens with one attached hydrogen (secondary N) is 1. The van der Waals surface area contributed by atoms with Crippen molar-refractivity contribution in [1.82, 2.24) is 20.3 Å². The summed E-state index contributed by atoms with van der Waals surface area (Å²) in [6, 6.07) is 7.77. The van der Waals surface area contributed by atoms with Crippen molar-refractivity contribution in [3.63, 3.8) is 0 Å². The van der Waals surface area contributed by atoms with Gasteiger partial charge in [-0.2, -0.15) is 0 Å². The van der Waals surface area contributed by atoms with Gasteiger partial charge in [0.1, 0.15) is 5.82 Å². The van der Waals surface area contributed by atoms with E-state index in [9.17, 15) is 0 Å². The standard InChI is InChI=1S/C12H14N4/c1-2-6-14-11(4-1)5-9-13-10-12-15-7-3-8-16-12/h1-4,6-8,13H,5,9-10H2. The third kappa shape index (κ3) is 3.40. The molecule has 0 atom stereocenters. The lowest BCUT2D eigenvalue weighted by Crippen LogP contribution is -2.18. The fraction of sp³-hybridized carbons (Fsp3) is 0.250. The van der Waals surface area contributed by atoms with E-state index in [1.165, 1.54) is 0 Å². The van der Waals surface area contributed by atoms with Gasteiger partial charge in [-0.25, -0.2) is 9.97 Å². The number of hydrogen-bond donors (Lipinski definition) is 1. The van der Waals surface area contributed by atoms with E-state index in [1.54, 1.807) is 12.4 Å². The molecule has 0 aliphatic heterocycles. The largest absolute Gasteiger partial charge is 0.309 e. The van der Waals surface area contributed by atoms with Crippen LogP contribution in [0.25, 0.3) is 0 Å². The molecule has 0 aromatic carbocycles. The lowest BCUT2D eigenvalue weighted by atomic mass is 10.3. The highest BCUT2D eigenvalue weighted by atomic mass is 14.9. The summed E-state index contributed by atoms with van der Waals surface area (Å²) < 4.78 is 0. The predicted molar refractivity (Wildman–Crippen MR) is 61.7 cm³/mol. The maximum absolute atomic E-state index is 4.25. The van der Waals surface area contributed by atoms with Crippen LogP contribution in [-0.2, 0) is 13.0 Å². The second-order valence-corrected chi connectivity index (χ2v) is 3.41. The lowest BCUT2D eigenvalue weighted by Gasteiger charge is -2.02. The number of pyridine rings is 1. The first kappa shape index (κ1) is 10.7. The molecule has 0 unspecified atom stereocenters. The second-order valence-electron chi connectivity index (χ2n) is 3.41. The summed E-state index contributed by atoms with van der Waals surface area (Å²) >= 11 is 0. The molecule has 0 aliphatic carbocycles. The normalized spacial score (nSPS) is 10.2. The molecule has 4 heteroatoms. The third-order valence-corrected chi connectivity index (χ3v) is 2.19. The molecule has 82 valence electrons. The Labute approximate surface area is 94.8 Å². The van der Waals surface area contributed by atoms with Gasteiger partial charge in [0.15, 0.2) is 0 Å². The quantitative estimate of drug-likeness (QED) is 0.760. The number of hydrogen-bond acceptors (Lipinski definition) is 4. The summed E-state index contributed by atoms with van der Waals surface area (Å²) in [4.78, 5) is 12.5. The minimum absolute atomic E-state index is 0.702. The van der Waals surface area contributed by atoms with Gasteiger partial charge in [0, 0.05) is 37.3 Å². The smallest absolute Gasteiger partial charge is 0.141 e. The number of rotatable bonds is 5. The first-order chi connectivity index (χ1) is 7.95. The van der Waals surface area contributed by atoms with Crippen molar-refractivity contribution in [2.24, 2.45) is 0 Å². The molecule has 0 bridgehead atoms. The highest BCUT2D eigenvalue weighted by molar-refractivity contribution is 5.03. The van der Waals surface area contributed by atoms with Crippen LogP contribution in [0.4, 0.5) is 0 Å². The average molecular weight is 214 g/mol. The van der Waals surface area contributed by atoms with Crippen molar-refractivity contribution >= 4 is 0 Å². The van der Waals surface area contributed by atoms with Crippen LogP contribution in [0.2, 0.25) is 0 Å². The second kappa shape index (κ2) is 5.92. The maximum Gasteiger partial charge on any atom is 0.141 e. The summed E-state index contributed by atoms with van der Waals surface area (Å²) in [5, 5.41) is 3.29. The summed E-state index contributed by atoms with van der Waals surface area (Å²) in [7, 11) is 0. The van der Waals surface area contributed by atoms with Gasteiger partial charge in [-0.1, -0.05) is 6.07 Å². The first-order valence-corrected chi connectivity index (χ1v) is 5.31. The Hall–Kier alpha value is -1.81. The van der Waals surface area contributed by atoms with E-state index in [2.05, 4.69) is 20.3 Å². The Morgan fingerprint density at radius 1 is 0.938 bits per heavy atom. The van der Waals surface area contributed by atoms with Crippen LogP contribution in [0.3, 0.4) is 0 Å². The van der Waals surface area contributed by atoms with Crippen molar-refractivity contribution < 1.29 is 0 Å². The molecule has 2 heterocycles. The van der Waals surface area contributed by atoms with Crippen LogP contribution in [0.15, 0.2) is 42.9 Å². The molecule has 0 saturated heterocycles. The van der Waals surface area contributed by atoms with Crippen LogP contribution >= 0.6 is 0 Å². The van der Waals surface area contributed by atoms with Crippen LogP contribution < -0.4 is 5.32 Å². The van der Waals surface area contributed by atoms with Gasteiger partial charge >= 0.3 is 0 Å². The molecule has 0 fully saturated rings. The van der Waals surface area contributed by atoms with Gasteiger partial charge in [-0.15, -0.1) is 0 Å². The van der Waals surface area contributed by atoms with E-state index in [0.717, 1.165) is 24.5 Å². The topological polar surface area (TPSA) is 50.7 Å². The Balaban J connectivity index is 1.70. The van der Waals surface area contributed by atoms with E-state index in [0.29, 0.717) is 6.54 Å². The fourth-order valence-electron chi connectivity index (χ4n) is 1.38. The van der Waals surface area contributed by atoms with E-state index >= 15 is 0 Å². The molecular weight excluding hydrogens is 200 g/mol. The van der Waals surface area contributed by atoms with Gasteiger partial charge in [-0.3, -0.25) is 4.98 Å². The summed E-state index contributed by atoms with van der Waals surface area (Å²) in [5.41, 5.74) is 1.10. The minimum atomic E-state index is 0.702. The van der Waals surface area contributed by atoms with Crippen LogP contribution in [0.1, 0.15) is 11.5 Å². The van der Waals surface area contributed by atoms with Gasteiger partial charge in [0.2, 0.25) is 0 Å². The molecule has 0 saturated carbocycles. The predicted octanol–water partition coefficient (Wildman–Crippen LogP) is 1.20. The summed E-state index contributed by atoms with van der Waals surface area (Å²) in [6.07, 6.45) is 6.24. The van der Waals surface area contributed by atoms with E-state index in [4.69, 9.17) is 0 Å².